The fourth-order valence-corrected chi connectivity index (χ4v) is 1.79. The van der Waals surface area contributed by atoms with Crippen molar-refractivity contribution < 1.29 is 18.8 Å². The molecule has 1 amide bonds. The number of aryl methyl sites for hydroxylation is 1. The number of para-hydroxylation sites is 2. The van der Waals surface area contributed by atoms with Gasteiger partial charge in [0.05, 0.1) is 4.92 Å². The molecule has 0 fully saturated rings. The van der Waals surface area contributed by atoms with Gasteiger partial charge in [0, 0.05) is 11.8 Å². The minimum Gasteiger partial charge on any atom is -0.477 e. The van der Waals surface area contributed by atoms with Gasteiger partial charge in [-0.25, -0.2) is 4.39 Å². The summed E-state index contributed by atoms with van der Waals surface area (Å²) in [5.41, 5.74) is 0.800. The number of rotatable bonds is 5. The van der Waals surface area contributed by atoms with E-state index in [1.54, 1.807) is 13.0 Å². The second-order valence-electron chi connectivity index (χ2n) is 4.52. The number of halogens is 1. The molecule has 114 valence electrons. The second-order valence-corrected chi connectivity index (χ2v) is 4.52. The van der Waals surface area contributed by atoms with Crippen molar-refractivity contribution in [3.63, 3.8) is 0 Å². The molecule has 0 atom stereocenters. The Kier molecular flexibility index (Phi) is 4.67. The number of carbonyl (C=O) groups excluding carboxylic acids is 1. The zero-order valence-corrected chi connectivity index (χ0v) is 11.7. The van der Waals surface area contributed by atoms with E-state index in [-0.39, 0.29) is 11.4 Å². The lowest BCUT2D eigenvalue weighted by molar-refractivity contribution is -0.385. The number of hydrogen-bond donors (Lipinski definition) is 1. The second kappa shape index (κ2) is 6.66. The van der Waals surface area contributed by atoms with Crippen molar-refractivity contribution in [1.82, 2.24) is 0 Å². The number of amides is 1. The summed E-state index contributed by atoms with van der Waals surface area (Å²) in [6.45, 7) is 1.30. The fourth-order valence-electron chi connectivity index (χ4n) is 1.79. The third kappa shape index (κ3) is 3.78. The lowest BCUT2D eigenvalue weighted by atomic mass is 10.2. The zero-order valence-electron chi connectivity index (χ0n) is 11.7. The summed E-state index contributed by atoms with van der Waals surface area (Å²) in [5.74, 6) is -1.01. The Bertz CT molecular complexity index is 718. The van der Waals surface area contributed by atoms with Crippen molar-refractivity contribution in [2.75, 3.05) is 11.9 Å². The molecule has 1 N–H and O–H groups in total. The topological polar surface area (TPSA) is 81.5 Å². The van der Waals surface area contributed by atoms with Gasteiger partial charge in [-0.1, -0.05) is 18.2 Å². The molecule has 0 aliphatic rings. The van der Waals surface area contributed by atoms with Crippen LogP contribution >= 0.6 is 0 Å². The van der Waals surface area contributed by atoms with Crippen LogP contribution in [0.25, 0.3) is 0 Å². The lowest BCUT2D eigenvalue weighted by Gasteiger charge is -2.09. The molecule has 0 spiro atoms. The number of nitro groups is 1. The van der Waals surface area contributed by atoms with Gasteiger partial charge in [-0.15, -0.1) is 0 Å². The van der Waals surface area contributed by atoms with E-state index in [1.807, 2.05) is 0 Å². The number of nitro benzene ring substituents is 1. The first-order chi connectivity index (χ1) is 10.5. The minimum atomic E-state index is -0.593. The molecule has 7 heteroatoms. The van der Waals surface area contributed by atoms with Gasteiger partial charge in [-0.05, 0) is 30.7 Å². The predicted octanol–water partition coefficient (Wildman–Crippen LogP) is 3.06. The summed E-state index contributed by atoms with van der Waals surface area (Å²) in [5, 5.41) is 13.3. The Morgan fingerprint density at radius 2 is 2.05 bits per heavy atom. The van der Waals surface area contributed by atoms with Gasteiger partial charge in [0.25, 0.3) is 5.91 Å². The number of nitrogens with one attached hydrogen (secondary N) is 1. The first kappa shape index (κ1) is 15.4. The first-order valence-corrected chi connectivity index (χ1v) is 6.39. The first-order valence-electron chi connectivity index (χ1n) is 6.39. The van der Waals surface area contributed by atoms with Gasteiger partial charge in [-0.2, -0.15) is 0 Å². The van der Waals surface area contributed by atoms with E-state index in [0.29, 0.717) is 11.3 Å². The average Bonchev–Trinajstić information content (AvgIpc) is 2.49. The van der Waals surface area contributed by atoms with Gasteiger partial charge in [-0.3, -0.25) is 14.9 Å². The van der Waals surface area contributed by atoms with Gasteiger partial charge in [0.1, 0.15) is 5.82 Å². The molecular formula is C15H13FN2O4. The maximum Gasteiger partial charge on any atom is 0.310 e. The molecule has 0 aromatic heterocycles. The smallest absolute Gasteiger partial charge is 0.310 e. The number of nitrogens with zero attached hydrogens (tertiary/aromatic N) is 1. The number of ether oxygens (including phenoxy) is 1. The Balaban J connectivity index is 2.02. The van der Waals surface area contributed by atoms with E-state index in [2.05, 4.69) is 5.32 Å². The summed E-state index contributed by atoms with van der Waals surface area (Å²) in [7, 11) is 0. The summed E-state index contributed by atoms with van der Waals surface area (Å²) in [6, 6.07) is 9.77. The molecule has 0 aliphatic heterocycles. The number of hydrogen-bond acceptors (Lipinski definition) is 4. The van der Waals surface area contributed by atoms with Crippen molar-refractivity contribution in [1.29, 1.82) is 0 Å². The van der Waals surface area contributed by atoms with Crippen molar-refractivity contribution in [2.24, 2.45) is 0 Å². The van der Waals surface area contributed by atoms with Crippen LogP contribution in [0.5, 0.6) is 5.75 Å². The Hall–Kier alpha value is -2.96. The third-order valence-corrected chi connectivity index (χ3v) is 2.89. The molecule has 0 heterocycles. The highest BCUT2D eigenvalue weighted by Crippen LogP contribution is 2.25. The molecule has 0 unspecified atom stereocenters. The van der Waals surface area contributed by atoms with Gasteiger partial charge in [0.2, 0.25) is 0 Å². The molecule has 0 saturated heterocycles. The van der Waals surface area contributed by atoms with Gasteiger partial charge in [0.15, 0.2) is 12.4 Å². The van der Waals surface area contributed by atoms with E-state index >= 15 is 0 Å². The quantitative estimate of drug-likeness (QED) is 0.680. The van der Waals surface area contributed by atoms with E-state index in [4.69, 9.17) is 4.74 Å². The van der Waals surface area contributed by atoms with Crippen molar-refractivity contribution in [3.8, 4) is 5.75 Å². The number of carbonyl (C=O) groups is 1. The van der Waals surface area contributed by atoms with Crippen molar-refractivity contribution in [3.05, 3.63) is 64.0 Å². The Morgan fingerprint density at radius 3 is 2.77 bits per heavy atom. The largest absolute Gasteiger partial charge is 0.477 e. The highest BCUT2D eigenvalue weighted by molar-refractivity contribution is 5.92. The highest BCUT2D eigenvalue weighted by Gasteiger charge is 2.15. The fraction of sp³-hybridized carbons (Fsp3) is 0.133. The Labute approximate surface area is 125 Å². The standard InChI is InChI=1S/C15H13FN2O4/c1-10-6-7-11(16)8-12(10)17-15(19)9-22-14-5-3-2-4-13(14)18(20)21/h2-8H,9H2,1H3,(H,17,19). The number of anilines is 1. The third-order valence-electron chi connectivity index (χ3n) is 2.89. The normalized spacial score (nSPS) is 10.1. The molecule has 2 rings (SSSR count). The summed E-state index contributed by atoms with van der Waals surface area (Å²) >= 11 is 0. The van der Waals surface area contributed by atoms with E-state index in [9.17, 15) is 19.3 Å². The van der Waals surface area contributed by atoms with E-state index < -0.39 is 23.3 Å². The molecule has 0 radical (unpaired) electrons. The molecule has 0 bridgehead atoms. The highest BCUT2D eigenvalue weighted by atomic mass is 19.1. The van der Waals surface area contributed by atoms with Crippen molar-refractivity contribution >= 4 is 17.3 Å². The van der Waals surface area contributed by atoms with Crippen LogP contribution in [0.4, 0.5) is 15.8 Å². The van der Waals surface area contributed by atoms with Crippen LogP contribution in [-0.2, 0) is 4.79 Å². The lowest BCUT2D eigenvalue weighted by Crippen LogP contribution is -2.21. The van der Waals surface area contributed by atoms with Crippen LogP contribution in [0.2, 0.25) is 0 Å². The SMILES string of the molecule is Cc1ccc(F)cc1NC(=O)COc1ccccc1[N+](=O)[O-]. The molecule has 22 heavy (non-hydrogen) atoms. The van der Waals surface area contributed by atoms with Crippen LogP contribution in [-0.4, -0.2) is 17.4 Å². The molecule has 0 aliphatic carbocycles. The summed E-state index contributed by atoms with van der Waals surface area (Å²) < 4.78 is 18.3. The molecule has 2 aromatic carbocycles. The minimum absolute atomic E-state index is 0.00128. The van der Waals surface area contributed by atoms with Crippen LogP contribution in [0, 0.1) is 22.9 Å². The van der Waals surface area contributed by atoms with Gasteiger partial charge >= 0.3 is 5.69 Å². The van der Waals surface area contributed by atoms with Crippen LogP contribution in [0.3, 0.4) is 0 Å². The number of benzene rings is 2. The maximum absolute atomic E-state index is 13.1. The van der Waals surface area contributed by atoms with E-state index in [1.165, 1.54) is 36.4 Å². The predicted molar refractivity (Wildman–Crippen MR) is 78.4 cm³/mol. The van der Waals surface area contributed by atoms with Crippen LogP contribution < -0.4 is 10.1 Å². The summed E-state index contributed by atoms with van der Waals surface area (Å²) in [4.78, 5) is 22.0. The zero-order chi connectivity index (χ0) is 16.1. The maximum atomic E-state index is 13.1. The van der Waals surface area contributed by atoms with Gasteiger partial charge < -0.3 is 10.1 Å². The van der Waals surface area contributed by atoms with E-state index in [0.717, 1.165) is 0 Å². The average molecular weight is 304 g/mol. The van der Waals surface area contributed by atoms with Crippen LogP contribution in [0.1, 0.15) is 5.56 Å². The van der Waals surface area contributed by atoms with Crippen molar-refractivity contribution in [2.45, 2.75) is 6.92 Å². The molecule has 6 nitrogen and oxygen atoms in total. The molecular weight excluding hydrogens is 291 g/mol. The monoisotopic (exact) mass is 304 g/mol. The van der Waals surface area contributed by atoms with Crippen LogP contribution in [0.15, 0.2) is 42.5 Å². The Morgan fingerprint density at radius 1 is 1.32 bits per heavy atom. The summed E-state index contributed by atoms with van der Waals surface area (Å²) in [6.07, 6.45) is 0. The molecule has 2 aromatic rings. The molecule has 0 saturated carbocycles.